The van der Waals surface area contributed by atoms with Gasteiger partial charge < -0.3 is 9.64 Å². The molecule has 4 nitrogen and oxygen atoms in total. The molecule has 2 aliphatic heterocycles. The van der Waals surface area contributed by atoms with E-state index in [2.05, 4.69) is 21.9 Å². The SMILES string of the molecule is CCOc1ccccc1CN1CCC[C@H](C(=O)N2CCCCC2)C1. The van der Waals surface area contributed by atoms with Crippen molar-refractivity contribution < 1.29 is 9.53 Å². The fourth-order valence-corrected chi connectivity index (χ4v) is 3.94. The van der Waals surface area contributed by atoms with Crippen LogP contribution < -0.4 is 4.74 Å². The van der Waals surface area contributed by atoms with Gasteiger partial charge in [0, 0.05) is 31.7 Å². The molecule has 0 N–H and O–H groups in total. The van der Waals surface area contributed by atoms with E-state index in [0.717, 1.165) is 51.3 Å². The molecule has 2 saturated heterocycles. The van der Waals surface area contributed by atoms with Gasteiger partial charge in [-0.25, -0.2) is 0 Å². The highest BCUT2D eigenvalue weighted by atomic mass is 16.5. The number of rotatable bonds is 5. The van der Waals surface area contributed by atoms with Gasteiger partial charge in [-0.3, -0.25) is 9.69 Å². The molecule has 0 bridgehead atoms. The van der Waals surface area contributed by atoms with Crippen molar-refractivity contribution in [2.75, 3.05) is 32.8 Å². The zero-order valence-electron chi connectivity index (χ0n) is 14.9. The second-order valence-corrected chi connectivity index (χ2v) is 7.00. The fourth-order valence-electron chi connectivity index (χ4n) is 3.94. The minimum atomic E-state index is 0.177. The summed E-state index contributed by atoms with van der Waals surface area (Å²) in [6.07, 6.45) is 5.77. The maximum atomic E-state index is 12.8. The van der Waals surface area contributed by atoms with E-state index in [1.54, 1.807) is 0 Å². The Labute approximate surface area is 145 Å². The third-order valence-electron chi connectivity index (χ3n) is 5.19. The molecule has 4 heteroatoms. The number of hydrogen-bond donors (Lipinski definition) is 0. The number of carbonyl (C=O) groups is 1. The number of amides is 1. The average molecular weight is 330 g/mol. The van der Waals surface area contributed by atoms with Crippen LogP contribution in [0, 0.1) is 5.92 Å². The number of carbonyl (C=O) groups excluding carboxylic acids is 1. The molecular formula is C20H30N2O2. The molecule has 1 aromatic carbocycles. The number of hydrogen-bond acceptors (Lipinski definition) is 3. The molecule has 0 unspecified atom stereocenters. The molecule has 2 fully saturated rings. The first kappa shape index (κ1) is 17.3. The second kappa shape index (κ2) is 8.52. The predicted molar refractivity (Wildman–Crippen MR) is 96.0 cm³/mol. The van der Waals surface area contributed by atoms with E-state index >= 15 is 0 Å². The third kappa shape index (κ3) is 4.29. The molecule has 2 aliphatic rings. The maximum absolute atomic E-state index is 12.8. The van der Waals surface area contributed by atoms with Crippen molar-refractivity contribution in [3.05, 3.63) is 29.8 Å². The van der Waals surface area contributed by atoms with Crippen molar-refractivity contribution in [1.29, 1.82) is 0 Å². The molecule has 1 atom stereocenters. The van der Waals surface area contributed by atoms with Crippen LogP contribution >= 0.6 is 0 Å². The van der Waals surface area contributed by atoms with Crippen LogP contribution in [0.1, 0.15) is 44.6 Å². The lowest BCUT2D eigenvalue weighted by molar-refractivity contribution is -0.138. The lowest BCUT2D eigenvalue weighted by Gasteiger charge is -2.36. The standard InChI is InChI=1S/C20H30N2O2/c1-2-24-19-11-5-4-9-17(19)15-21-12-8-10-18(16-21)20(23)22-13-6-3-7-14-22/h4-5,9,11,18H,2-3,6-8,10,12-16H2,1H3/t18-/m0/s1. The van der Waals surface area contributed by atoms with E-state index in [9.17, 15) is 4.79 Å². The van der Waals surface area contributed by atoms with Crippen molar-refractivity contribution in [2.24, 2.45) is 5.92 Å². The number of benzene rings is 1. The third-order valence-corrected chi connectivity index (χ3v) is 5.19. The highest BCUT2D eigenvalue weighted by Crippen LogP contribution is 2.25. The summed E-state index contributed by atoms with van der Waals surface area (Å²) in [5.41, 5.74) is 1.23. The van der Waals surface area contributed by atoms with E-state index in [-0.39, 0.29) is 5.92 Å². The first-order valence-electron chi connectivity index (χ1n) is 9.49. The summed E-state index contributed by atoms with van der Waals surface area (Å²) in [7, 11) is 0. The van der Waals surface area contributed by atoms with E-state index in [1.165, 1.54) is 24.8 Å². The molecular weight excluding hydrogens is 300 g/mol. The number of para-hydroxylation sites is 1. The molecule has 132 valence electrons. The largest absolute Gasteiger partial charge is 0.494 e. The van der Waals surface area contributed by atoms with Gasteiger partial charge in [-0.1, -0.05) is 18.2 Å². The summed E-state index contributed by atoms with van der Waals surface area (Å²) in [6.45, 7) is 7.46. The van der Waals surface area contributed by atoms with Crippen molar-refractivity contribution >= 4 is 5.91 Å². The molecule has 0 spiro atoms. The summed E-state index contributed by atoms with van der Waals surface area (Å²) < 4.78 is 5.75. The van der Waals surface area contributed by atoms with Crippen LogP contribution in [0.3, 0.4) is 0 Å². The molecule has 0 aromatic heterocycles. The highest BCUT2D eigenvalue weighted by molar-refractivity contribution is 5.79. The zero-order chi connectivity index (χ0) is 16.8. The summed E-state index contributed by atoms with van der Waals surface area (Å²) in [5, 5.41) is 0. The lowest BCUT2D eigenvalue weighted by atomic mass is 9.95. The quantitative estimate of drug-likeness (QED) is 0.830. The summed E-state index contributed by atoms with van der Waals surface area (Å²) in [4.78, 5) is 17.3. The topological polar surface area (TPSA) is 32.8 Å². The van der Waals surface area contributed by atoms with Gasteiger partial charge >= 0.3 is 0 Å². The van der Waals surface area contributed by atoms with Crippen LogP contribution in [0.2, 0.25) is 0 Å². The molecule has 0 aliphatic carbocycles. The van der Waals surface area contributed by atoms with Crippen molar-refractivity contribution in [3.8, 4) is 5.75 Å². The highest BCUT2D eigenvalue weighted by Gasteiger charge is 2.30. The van der Waals surface area contributed by atoms with Gasteiger partial charge in [-0.2, -0.15) is 0 Å². The number of likely N-dealkylation sites (tertiary alicyclic amines) is 2. The second-order valence-electron chi connectivity index (χ2n) is 7.00. The molecule has 0 radical (unpaired) electrons. The first-order valence-corrected chi connectivity index (χ1v) is 9.49. The first-order chi connectivity index (χ1) is 11.8. The molecule has 2 heterocycles. The number of piperidine rings is 2. The Morgan fingerprint density at radius 1 is 1.12 bits per heavy atom. The van der Waals surface area contributed by atoms with Gasteiger partial charge in [-0.05, 0) is 51.6 Å². The Bertz CT molecular complexity index is 540. The molecule has 1 amide bonds. The van der Waals surface area contributed by atoms with Crippen molar-refractivity contribution in [1.82, 2.24) is 9.80 Å². The van der Waals surface area contributed by atoms with E-state index in [4.69, 9.17) is 4.74 Å². The summed E-state index contributed by atoms with van der Waals surface area (Å²) in [5.74, 6) is 1.54. The maximum Gasteiger partial charge on any atom is 0.226 e. The van der Waals surface area contributed by atoms with Crippen LogP contribution in [0.5, 0.6) is 5.75 Å². The van der Waals surface area contributed by atoms with Crippen molar-refractivity contribution in [2.45, 2.75) is 45.6 Å². The monoisotopic (exact) mass is 330 g/mol. The Morgan fingerprint density at radius 3 is 2.71 bits per heavy atom. The zero-order valence-corrected chi connectivity index (χ0v) is 14.9. The van der Waals surface area contributed by atoms with E-state index < -0.39 is 0 Å². The van der Waals surface area contributed by atoms with Gasteiger partial charge in [-0.15, -0.1) is 0 Å². The van der Waals surface area contributed by atoms with Crippen LogP contribution in [-0.4, -0.2) is 48.5 Å². The normalized spacial score (nSPS) is 22.4. The lowest BCUT2D eigenvalue weighted by Crippen LogP contribution is -2.46. The summed E-state index contributed by atoms with van der Waals surface area (Å²) >= 11 is 0. The fraction of sp³-hybridized carbons (Fsp3) is 0.650. The van der Waals surface area contributed by atoms with Gasteiger partial charge in [0.05, 0.1) is 12.5 Å². The minimum Gasteiger partial charge on any atom is -0.494 e. The Balaban J connectivity index is 1.60. The number of ether oxygens (including phenoxy) is 1. The smallest absolute Gasteiger partial charge is 0.226 e. The van der Waals surface area contributed by atoms with Crippen molar-refractivity contribution in [3.63, 3.8) is 0 Å². The minimum absolute atomic E-state index is 0.177. The van der Waals surface area contributed by atoms with Crippen LogP contribution in [-0.2, 0) is 11.3 Å². The molecule has 0 saturated carbocycles. The Kier molecular flexibility index (Phi) is 6.13. The Hall–Kier alpha value is -1.55. The predicted octanol–water partition coefficient (Wildman–Crippen LogP) is 3.31. The van der Waals surface area contributed by atoms with Crippen LogP contribution in [0.25, 0.3) is 0 Å². The summed E-state index contributed by atoms with van der Waals surface area (Å²) in [6, 6.07) is 8.27. The van der Waals surface area contributed by atoms with Gasteiger partial charge in [0.25, 0.3) is 0 Å². The van der Waals surface area contributed by atoms with Gasteiger partial charge in [0.2, 0.25) is 5.91 Å². The van der Waals surface area contributed by atoms with Crippen LogP contribution in [0.4, 0.5) is 0 Å². The Morgan fingerprint density at radius 2 is 1.92 bits per heavy atom. The van der Waals surface area contributed by atoms with E-state index in [1.807, 2.05) is 19.1 Å². The molecule has 1 aromatic rings. The van der Waals surface area contributed by atoms with Gasteiger partial charge in [0.15, 0.2) is 0 Å². The van der Waals surface area contributed by atoms with E-state index in [0.29, 0.717) is 12.5 Å². The van der Waals surface area contributed by atoms with Crippen LogP contribution in [0.15, 0.2) is 24.3 Å². The number of nitrogens with zero attached hydrogens (tertiary/aromatic N) is 2. The molecule has 3 rings (SSSR count). The molecule has 24 heavy (non-hydrogen) atoms. The average Bonchev–Trinajstić information content (AvgIpc) is 2.64. The van der Waals surface area contributed by atoms with Gasteiger partial charge in [0.1, 0.15) is 5.75 Å².